The molecule has 0 atom stereocenters. The van der Waals surface area contributed by atoms with Crippen molar-refractivity contribution in [3.05, 3.63) is 71.6 Å². The van der Waals surface area contributed by atoms with Gasteiger partial charge in [0.1, 0.15) is 17.2 Å². The smallest absolute Gasteiger partial charge is 0.344 e. The summed E-state index contributed by atoms with van der Waals surface area (Å²) in [5.74, 6) is 1.46. The van der Waals surface area contributed by atoms with Gasteiger partial charge in [-0.15, -0.1) is 0 Å². The third kappa shape index (κ3) is 6.18. The monoisotopic (exact) mass is 422 g/mol. The maximum atomic E-state index is 11.4. The summed E-state index contributed by atoms with van der Waals surface area (Å²) in [4.78, 5) is 21.5. The second kappa shape index (κ2) is 11.0. The molecule has 7 nitrogen and oxygen atoms in total. The number of benzene rings is 2. The summed E-state index contributed by atoms with van der Waals surface area (Å²) in [6, 6.07) is 17.0. The van der Waals surface area contributed by atoms with Crippen molar-refractivity contribution in [1.82, 2.24) is 4.98 Å². The zero-order valence-electron chi connectivity index (χ0n) is 18.0. The number of hydrogen-bond donors (Lipinski definition) is 0. The Bertz CT molecular complexity index is 1010. The molecule has 3 rings (SSSR count). The molecule has 0 fully saturated rings. The van der Waals surface area contributed by atoms with Crippen LogP contribution in [0.4, 0.5) is 0 Å². The quantitative estimate of drug-likeness (QED) is 0.262. The van der Waals surface area contributed by atoms with Gasteiger partial charge in [-0.3, -0.25) is 0 Å². The van der Waals surface area contributed by atoms with Crippen LogP contribution in [0.5, 0.6) is 5.75 Å². The fourth-order valence-corrected chi connectivity index (χ4v) is 2.85. The van der Waals surface area contributed by atoms with Gasteiger partial charge in [0.05, 0.1) is 12.3 Å². The van der Waals surface area contributed by atoms with E-state index in [-0.39, 0.29) is 13.2 Å². The minimum absolute atomic E-state index is 0.118. The number of aryl methyl sites for hydroxylation is 1. The van der Waals surface area contributed by atoms with Crippen LogP contribution in [-0.2, 0) is 21.0 Å². The summed E-state index contributed by atoms with van der Waals surface area (Å²) in [5.41, 5.74) is 3.33. The Balaban J connectivity index is 1.60. The van der Waals surface area contributed by atoms with Gasteiger partial charge < -0.3 is 18.7 Å². The van der Waals surface area contributed by atoms with E-state index in [1.807, 2.05) is 56.3 Å². The van der Waals surface area contributed by atoms with Crippen molar-refractivity contribution in [3.63, 3.8) is 0 Å². The molecule has 0 aliphatic rings. The minimum atomic E-state index is -0.394. The van der Waals surface area contributed by atoms with E-state index in [4.69, 9.17) is 18.7 Å². The van der Waals surface area contributed by atoms with Crippen molar-refractivity contribution in [2.24, 2.45) is 5.16 Å². The first-order valence-corrected chi connectivity index (χ1v) is 10.2. The first kappa shape index (κ1) is 22.1. The summed E-state index contributed by atoms with van der Waals surface area (Å²) in [5, 5.41) is 4.28. The molecule has 0 bridgehead atoms. The average molecular weight is 422 g/mol. The van der Waals surface area contributed by atoms with Crippen LogP contribution in [0.15, 0.2) is 64.2 Å². The molecule has 1 aromatic heterocycles. The number of rotatable bonds is 10. The molecular weight excluding hydrogens is 396 g/mol. The molecule has 0 unspecified atom stereocenters. The van der Waals surface area contributed by atoms with E-state index in [2.05, 4.69) is 10.1 Å². The Kier molecular flexibility index (Phi) is 7.81. The first-order chi connectivity index (χ1) is 15.1. The number of oxime groups is 1. The van der Waals surface area contributed by atoms with Crippen LogP contribution in [-0.4, -0.2) is 29.9 Å². The van der Waals surface area contributed by atoms with Gasteiger partial charge in [0.15, 0.2) is 13.2 Å². The Labute approximate surface area is 181 Å². The fraction of sp³-hybridized carbons (Fsp3) is 0.292. The van der Waals surface area contributed by atoms with Crippen molar-refractivity contribution < 1.29 is 23.5 Å². The third-order valence-electron chi connectivity index (χ3n) is 4.47. The Morgan fingerprint density at radius 3 is 2.48 bits per heavy atom. The first-order valence-electron chi connectivity index (χ1n) is 10.2. The molecule has 0 aliphatic carbocycles. The van der Waals surface area contributed by atoms with Crippen LogP contribution in [0.2, 0.25) is 0 Å². The van der Waals surface area contributed by atoms with Gasteiger partial charge in [0.2, 0.25) is 5.89 Å². The maximum Gasteiger partial charge on any atom is 0.344 e. The zero-order chi connectivity index (χ0) is 22.1. The van der Waals surface area contributed by atoms with Crippen LogP contribution < -0.4 is 4.74 Å². The molecule has 0 saturated carbocycles. The van der Waals surface area contributed by atoms with Crippen LogP contribution in [0.25, 0.3) is 11.5 Å². The van der Waals surface area contributed by atoms with Crippen LogP contribution >= 0.6 is 0 Å². The number of ether oxygens (including phenoxy) is 2. The maximum absolute atomic E-state index is 11.4. The molecule has 0 saturated heterocycles. The zero-order valence-corrected chi connectivity index (χ0v) is 18.0. The molecule has 0 radical (unpaired) electrons. The van der Waals surface area contributed by atoms with Crippen molar-refractivity contribution in [3.8, 4) is 17.2 Å². The number of esters is 1. The number of nitrogens with zero attached hydrogens (tertiary/aromatic N) is 2. The summed E-state index contributed by atoms with van der Waals surface area (Å²) < 4.78 is 16.0. The van der Waals surface area contributed by atoms with E-state index < -0.39 is 5.97 Å². The molecule has 1 heterocycles. The molecule has 3 aromatic rings. The molecule has 31 heavy (non-hydrogen) atoms. The van der Waals surface area contributed by atoms with E-state index in [9.17, 15) is 4.79 Å². The van der Waals surface area contributed by atoms with E-state index in [0.29, 0.717) is 36.1 Å². The predicted molar refractivity (Wildman–Crippen MR) is 117 cm³/mol. The second-order valence-corrected chi connectivity index (χ2v) is 6.67. The third-order valence-corrected chi connectivity index (χ3v) is 4.47. The van der Waals surface area contributed by atoms with E-state index >= 15 is 0 Å². The van der Waals surface area contributed by atoms with Gasteiger partial charge >= 0.3 is 5.97 Å². The van der Waals surface area contributed by atoms with Crippen molar-refractivity contribution in [1.29, 1.82) is 0 Å². The van der Waals surface area contributed by atoms with E-state index in [1.165, 1.54) is 0 Å². The molecular formula is C24H26N2O5. The van der Waals surface area contributed by atoms with Gasteiger partial charge in [-0.1, -0.05) is 30.3 Å². The van der Waals surface area contributed by atoms with Crippen LogP contribution in [0.1, 0.15) is 37.3 Å². The highest BCUT2D eigenvalue weighted by Gasteiger charge is 2.12. The van der Waals surface area contributed by atoms with Gasteiger partial charge in [0, 0.05) is 5.56 Å². The largest absolute Gasteiger partial charge is 0.482 e. The topological polar surface area (TPSA) is 83.2 Å². The number of oxazole rings is 1. The highest BCUT2D eigenvalue weighted by molar-refractivity contribution is 6.00. The van der Waals surface area contributed by atoms with Crippen LogP contribution in [0, 0.1) is 6.92 Å². The van der Waals surface area contributed by atoms with Gasteiger partial charge in [0.25, 0.3) is 0 Å². The summed E-state index contributed by atoms with van der Waals surface area (Å²) in [7, 11) is 0. The minimum Gasteiger partial charge on any atom is -0.482 e. The Hall–Kier alpha value is -3.61. The normalized spacial score (nSPS) is 11.3. The van der Waals surface area contributed by atoms with Crippen molar-refractivity contribution in [2.45, 2.75) is 33.8 Å². The van der Waals surface area contributed by atoms with E-state index in [0.717, 1.165) is 16.8 Å². The molecule has 7 heteroatoms. The summed E-state index contributed by atoms with van der Waals surface area (Å²) in [6.45, 7) is 6.05. The molecule has 162 valence electrons. The highest BCUT2D eigenvalue weighted by atomic mass is 16.6. The Morgan fingerprint density at radius 2 is 1.81 bits per heavy atom. The number of carbonyl (C=O) groups is 1. The van der Waals surface area contributed by atoms with Crippen molar-refractivity contribution in [2.75, 3.05) is 13.2 Å². The van der Waals surface area contributed by atoms with E-state index in [1.54, 1.807) is 19.1 Å². The summed E-state index contributed by atoms with van der Waals surface area (Å²) >= 11 is 0. The molecule has 0 amide bonds. The van der Waals surface area contributed by atoms with Gasteiger partial charge in [-0.25, -0.2) is 9.78 Å². The molecule has 0 aliphatic heterocycles. The molecule has 0 spiro atoms. The number of carbonyl (C=O) groups excluding carboxylic acids is 1. The SMILES string of the molecule is CCOC(=O)COc1ccc(/C(CC)=N/OCc2nc(-c3ccccc3)oc2C)cc1. The second-order valence-electron chi connectivity index (χ2n) is 6.67. The molecule has 0 N–H and O–H groups in total. The highest BCUT2D eigenvalue weighted by Crippen LogP contribution is 2.22. The Morgan fingerprint density at radius 1 is 1.06 bits per heavy atom. The molecule has 2 aromatic carbocycles. The lowest BCUT2D eigenvalue weighted by Crippen LogP contribution is -2.14. The van der Waals surface area contributed by atoms with Crippen molar-refractivity contribution >= 4 is 11.7 Å². The summed E-state index contributed by atoms with van der Waals surface area (Å²) in [6.07, 6.45) is 0.691. The lowest BCUT2D eigenvalue weighted by atomic mass is 10.1. The van der Waals surface area contributed by atoms with Gasteiger partial charge in [-0.2, -0.15) is 0 Å². The van der Waals surface area contributed by atoms with Crippen LogP contribution in [0.3, 0.4) is 0 Å². The number of hydrogen-bond acceptors (Lipinski definition) is 7. The standard InChI is InChI=1S/C24H26N2O5/c1-4-21(18-11-13-20(14-12-18)29-16-23(27)28-5-2)26-30-15-22-17(3)31-24(25-22)19-9-7-6-8-10-19/h6-14H,4-5,15-16H2,1-3H3/b26-21+. The average Bonchev–Trinajstić information content (AvgIpc) is 3.17. The lowest BCUT2D eigenvalue weighted by molar-refractivity contribution is -0.145. The van der Waals surface area contributed by atoms with Gasteiger partial charge in [-0.05, 0) is 62.2 Å². The fourth-order valence-electron chi connectivity index (χ4n) is 2.85. The number of aromatic nitrogens is 1. The predicted octanol–water partition coefficient (Wildman–Crippen LogP) is 4.92. The lowest BCUT2D eigenvalue weighted by Gasteiger charge is -2.08.